The third kappa shape index (κ3) is 4.37. The molecule has 0 atom stereocenters. The first-order valence-electron chi connectivity index (χ1n) is 6.85. The second-order valence-corrected chi connectivity index (χ2v) is 5.98. The molecule has 2 aromatic rings. The molecule has 0 spiro atoms. The molecule has 0 fully saturated rings. The Bertz CT molecular complexity index is 479. The number of aryl methyl sites for hydroxylation is 1. The second kappa shape index (κ2) is 7.31. The molecular formula is C16H22N2S. The Kier molecular flexibility index (Phi) is 5.43. The van der Waals surface area contributed by atoms with E-state index in [4.69, 9.17) is 0 Å². The molecule has 3 heteroatoms. The molecular weight excluding hydrogens is 252 g/mol. The molecule has 0 aliphatic carbocycles. The molecule has 2 nitrogen and oxygen atoms in total. The van der Waals surface area contributed by atoms with Crippen LogP contribution >= 0.6 is 11.3 Å². The monoisotopic (exact) mass is 274 g/mol. The van der Waals surface area contributed by atoms with Crippen molar-refractivity contribution in [3.05, 3.63) is 52.2 Å². The third-order valence-electron chi connectivity index (χ3n) is 3.16. The fourth-order valence-corrected chi connectivity index (χ4v) is 2.97. The van der Waals surface area contributed by atoms with Crippen molar-refractivity contribution in [2.24, 2.45) is 0 Å². The molecule has 0 amide bonds. The molecule has 1 heterocycles. The normalized spacial score (nSPS) is 10.6. The number of para-hydroxylation sites is 1. The summed E-state index contributed by atoms with van der Waals surface area (Å²) in [6, 6.07) is 15.0. The van der Waals surface area contributed by atoms with Crippen molar-refractivity contribution in [1.82, 2.24) is 5.32 Å². The number of nitrogens with zero attached hydrogens (tertiary/aromatic N) is 1. The number of thiophene rings is 1. The number of rotatable bonds is 7. The minimum Gasteiger partial charge on any atom is -0.371 e. The van der Waals surface area contributed by atoms with Gasteiger partial charge >= 0.3 is 0 Å². The Morgan fingerprint density at radius 2 is 1.89 bits per heavy atom. The highest BCUT2D eigenvalue weighted by molar-refractivity contribution is 7.11. The first-order chi connectivity index (χ1) is 9.29. The van der Waals surface area contributed by atoms with Crippen LogP contribution in [0, 0.1) is 6.92 Å². The number of likely N-dealkylation sites (N-methyl/N-ethyl adjacent to an activating group) is 1. The van der Waals surface area contributed by atoms with E-state index in [9.17, 15) is 0 Å². The van der Waals surface area contributed by atoms with Crippen molar-refractivity contribution in [1.29, 1.82) is 0 Å². The molecule has 0 radical (unpaired) electrons. The highest BCUT2D eigenvalue weighted by atomic mass is 32.1. The predicted octanol–water partition coefficient (Wildman–Crippen LogP) is 3.67. The van der Waals surface area contributed by atoms with Crippen molar-refractivity contribution >= 4 is 17.0 Å². The van der Waals surface area contributed by atoms with Gasteiger partial charge < -0.3 is 10.2 Å². The van der Waals surface area contributed by atoms with Crippen LogP contribution in [-0.2, 0) is 6.54 Å². The largest absolute Gasteiger partial charge is 0.371 e. The highest BCUT2D eigenvalue weighted by Crippen LogP contribution is 2.14. The first-order valence-corrected chi connectivity index (χ1v) is 7.67. The minimum absolute atomic E-state index is 0.977. The van der Waals surface area contributed by atoms with Gasteiger partial charge in [0.1, 0.15) is 0 Å². The third-order valence-corrected chi connectivity index (χ3v) is 4.16. The number of anilines is 1. The van der Waals surface area contributed by atoms with Gasteiger partial charge in [-0.05, 0) is 38.1 Å². The molecule has 0 aliphatic rings. The molecule has 0 saturated carbocycles. The van der Waals surface area contributed by atoms with Crippen LogP contribution in [0.5, 0.6) is 0 Å². The summed E-state index contributed by atoms with van der Waals surface area (Å²) in [5, 5.41) is 3.52. The smallest absolute Gasteiger partial charge is 0.0366 e. The maximum Gasteiger partial charge on any atom is 0.0366 e. The fourth-order valence-electron chi connectivity index (χ4n) is 2.11. The van der Waals surface area contributed by atoms with Crippen LogP contribution in [0.1, 0.15) is 16.7 Å². The summed E-state index contributed by atoms with van der Waals surface area (Å²) in [5.41, 5.74) is 1.30. The molecule has 2 rings (SSSR count). The lowest BCUT2D eigenvalue weighted by Crippen LogP contribution is -2.31. The Hall–Kier alpha value is -1.32. The molecule has 19 heavy (non-hydrogen) atoms. The summed E-state index contributed by atoms with van der Waals surface area (Å²) in [6.07, 6.45) is 0. The van der Waals surface area contributed by atoms with Gasteiger partial charge in [0.05, 0.1) is 0 Å². The standard InChI is InChI=1S/C16H22N2S/c1-3-18(15-7-5-4-6-8-15)12-11-17-13-16-10-9-14(2)19-16/h4-10,17H,3,11-13H2,1-2H3. The van der Waals surface area contributed by atoms with E-state index in [0.29, 0.717) is 0 Å². The minimum atomic E-state index is 0.977. The zero-order chi connectivity index (χ0) is 13.5. The van der Waals surface area contributed by atoms with Gasteiger partial charge in [0.25, 0.3) is 0 Å². The van der Waals surface area contributed by atoms with Gasteiger partial charge in [0.2, 0.25) is 0 Å². The molecule has 1 N–H and O–H groups in total. The second-order valence-electron chi connectivity index (χ2n) is 4.60. The molecule has 0 saturated heterocycles. The van der Waals surface area contributed by atoms with Crippen molar-refractivity contribution < 1.29 is 0 Å². The van der Waals surface area contributed by atoms with E-state index in [-0.39, 0.29) is 0 Å². The molecule has 0 unspecified atom stereocenters. The molecule has 1 aromatic carbocycles. The van der Waals surface area contributed by atoms with Crippen LogP contribution in [0.15, 0.2) is 42.5 Å². The summed E-state index contributed by atoms with van der Waals surface area (Å²) in [4.78, 5) is 5.20. The average molecular weight is 274 g/mol. The summed E-state index contributed by atoms with van der Waals surface area (Å²) in [7, 11) is 0. The summed E-state index contributed by atoms with van der Waals surface area (Å²) >= 11 is 1.87. The highest BCUT2D eigenvalue weighted by Gasteiger charge is 2.02. The van der Waals surface area contributed by atoms with Crippen LogP contribution in [0.25, 0.3) is 0 Å². The fraction of sp³-hybridized carbons (Fsp3) is 0.375. The quantitative estimate of drug-likeness (QED) is 0.775. The molecule has 102 valence electrons. The molecule has 0 bridgehead atoms. The van der Waals surface area contributed by atoms with E-state index in [0.717, 1.165) is 26.2 Å². The molecule has 1 aromatic heterocycles. The van der Waals surface area contributed by atoms with Gasteiger partial charge in [-0.25, -0.2) is 0 Å². The first kappa shape index (κ1) is 14.1. The Labute approximate surface area is 120 Å². The van der Waals surface area contributed by atoms with Crippen molar-refractivity contribution in [3.8, 4) is 0 Å². The van der Waals surface area contributed by atoms with Crippen molar-refractivity contribution in [2.75, 3.05) is 24.5 Å². The van der Waals surface area contributed by atoms with Gasteiger partial charge in [0.15, 0.2) is 0 Å². The topological polar surface area (TPSA) is 15.3 Å². The number of hydrogen-bond acceptors (Lipinski definition) is 3. The Morgan fingerprint density at radius 3 is 2.53 bits per heavy atom. The zero-order valence-corrected chi connectivity index (χ0v) is 12.5. The van der Waals surface area contributed by atoms with Crippen LogP contribution in [0.3, 0.4) is 0 Å². The molecule has 0 aliphatic heterocycles. The van der Waals surface area contributed by atoms with Crippen molar-refractivity contribution in [3.63, 3.8) is 0 Å². The van der Waals surface area contributed by atoms with Gasteiger partial charge in [-0.3, -0.25) is 0 Å². The van der Waals surface area contributed by atoms with Crippen LogP contribution in [0.4, 0.5) is 5.69 Å². The van der Waals surface area contributed by atoms with Gasteiger partial charge in [-0.15, -0.1) is 11.3 Å². The average Bonchev–Trinajstić information content (AvgIpc) is 2.86. The Morgan fingerprint density at radius 1 is 1.11 bits per heavy atom. The maximum absolute atomic E-state index is 3.52. The van der Waals surface area contributed by atoms with Crippen LogP contribution in [0.2, 0.25) is 0 Å². The summed E-state index contributed by atoms with van der Waals surface area (Å²) in [6.45, 7) is 8.44. The van der Waals surface area contributed by atoms with Crippen LogP contribution in [-0.4, -0.2) is 19.6 Å². The van der Waals surface area contributed by atoms with E-state index < -0.39 is 0 Å². The zero-order valence-electron chi connectivity index (χ0n) is 11.7. The lowest BCUT2D eigenvalue weighted by atomic mass is 10.3. The summed E-state index contributed by atoms with van der Waals surface area (Å²) in [5.74, 6) is 0. The Balaban J connectivity index is 1.75. The van der Waals surface area contributed by atoms with Crippen molar-refractivity contribution in [2.45, 2.75) is 20.4 Å². The predicted molar refractivity (Wildman–Crippen MR) is 85.1 cm³/mol. The van der Waals surface area contributed by atoms with E-state index in [2.05, 4.69) is 66.5 Å². The summed E-state index contributed by atoms with van der Waals surface area (Å²) < 4.78 is 0. The van der Waals surface area contributed by atoms with E-state index in [1.54, 1.807) is 0 Å². The lowest BCUT2D eigenvalue weighted by molar-refractivity contribution is 0.670. The van der Waals surface area contributed by atoms with E-state index >= 15 is 0 Å². The number of nitrogens with one attached hydrogen (secondary N) is 1. The van der Waals surface area contributed by atoms with Gasteiger partial charge in [-0.1, -0.05) is 18.2 Å². The number of hydrogen-bond donors (Lipinski definition) is 1. The van der Waals surface area contributed by atoms with Crippen LogP contribution < -0.4 is 10.2 Å². The van der Waals surface area contributed by atoms with E-state index in [1.807, 2.05) is 11.3 Å². The maximum atomic E-state index is 3.52. The lowest BCUT2D eigenvalue weighted by Gasteiger charge is -2.23. The van der Waals surface area contributed by atoms with E-state index in [1.165, 1.54) is 15.4 Å². The van der Waals surface area contributed by atoms with Gasteiger partial charge in [-0.2, -0.15) is 0 Å². The number of benzene rings is 1. The SMILES string of the molecule is CCN(CCNCc1ccc(C)s1)c1ccccc1. The van der Waals surface area contributed by atoms with Gasteiger partial charge in [0, 0.05) is 41.6 Å².